The highest BCUT2D eigenvalue weighted by atomic mass is 16.5. The molecule has 4 heteroatoms. The minimum Gasteiger partial charge on any atom is -0.489 e. The summed E-state index contributed by atoms with van der Waals surface area (Å²) in [5.74, 6) is 0.869. The van der Waals surface area contributed by atoms with Crippen molar-refractivity contribution in [1.82, 2.24) is 9.88 Å². The summed E-state index contributed by atoms with van der Waals surface area (Å²) >= 11 is 0. The van der Waals surface area contributed by atoms with Crippen molar-refractivity contribution in [3.63, 3.8) is 0 Å². The fraction of sp³-hybridized carbons (Fsp3) is 0.450. The van der Waals surface area contributed by atoms with Crippen LogP contribution in [0.4, 0.5) is 0 Å². The highest BCUT2D eigenvalue weighted by molar-refractivity contribution is 5.22. The van der Waals surface area contributed by atoms with E-state index in [1.54, 1.807) is 12.4 Å². The standard InChI is InChI=1S/C20H24N2O2/c1-15-4-2-5-16(8-15)12-22-17-9-20(10-18(22)14-23-13-17)24-19-6-3-7-21-11-19/h2-8,11,17-18,20H,9-10,12-14H2,1H3/t17-,18-/m1/s1. The van der Waals surface area contributed by atoms with Crippen molar-refractivity contribution in [2.45, 2.75) is 44.5 Å². The molecule has 2 aromatic rings. The Morgan fingerprint density at radius 2 is 2.00 bits per heavy atom. The summed E-state index contributed by atoms with van der Waals surface area (Å²) in [6.45, 7) is 4.76. The van der Waals surface area contributed by atoms with Crippen LogP contribution in [0.25, 0.3) is 0 Å². The Kier molecular flexibility index (Phi) is 4.50. The number of ether oxygens (including phenoxy) is 2. The first kappa shape index (κ1) is 15.6. The average Bonchev–Trinajstić information content (AvgIpc) is 2.56. The summed E-state index contributed by atoms with van der Waals surface area (Å²) in [6, 6.07) is 13.6. The topological polar surface area (TPSA) is 34.6 Å². The van der Waals surface area contributed by atoms with Gasteiger partial charge in [0.05, 0.1) is 19.4 Å². The molecular formula is C20H24N2O2. The first-order valence-corrected chi connectivity index (χ1v) is 8.73. The van der Waals surface area contributed by atoms with Gasteiger partial charge in [0.1, 0.15) is 11.9 Å². The predicted octanol–water partition coefficient (Wildman–Crippen LogP) is 3.20. The molecule has 3 heterocycles. The highest BCUT2D eigenvalue weighted by Crippen LogP contribution is 2.31. The van der Waals surface area contributed by atoms with Crippen LogP contribution in [0.1, 0.15) is 24.0 Å². The van der Waals surface area contributed by atoms with E-state index in [1.807, 2.05) is 12.1 Å². The van der Waals surface area contributed by atoms with Crippen LogP contribution in [-0.4, -0.2) is 41.3 Å². The Balaban J connectivity index is 1.45. The molecule has 2 bridgehead atoms. The molecule has 4 nitrogen and oxygen atoms in total. The van der Waals surface area contributed by atoms with Crippen LogP contribution in [0.15, 0.2) is 48.8 Å². The Bertz CT molecular complexity index is 662. The molecule has 2 aliphatic heterocycles. The van der Waals surface area contributed by atoms with Gasteiger partial charge in [-0.05, 0) is 24.6 Å². The van der Waals surface area contributed by atoms with Gasteiger partial charge in [-0.25, -0.2) is 0 Å². The SMILES string of the molecule is Cc1cccc(CN2[C@H]3COC[C@H]2CC(Oc2cccnc2)C3)c1. The summed E-state index contributed by atoms with van der Waals surface area (Å²) in [7, 11) is 0. The van der Waals surface area contributed by atoms with E-state index in [9.17, 15) is 0 Å². The molecule has 0 unspecified atom stereocenters. The number of aryl methyl sites for hydroxylation is 1. The van der Waals surface area contributed by atoms with Gasteiger partial charge in [0.15, 0.2) is 0 Å². The first-order valence-electron chi connectivity index (χ1n) is 8.73. The van der Waals surface area contributed by atoms with E-state index < -0.39 is 0 Å². The van der Waals surface area contributed by atoms with Gasteiger partial charge in [0, 0.05) is 37.7 Å². The number of hydrogen-bond donors (Lipinski definition) is 0. The lowest BCUT2D eigenvalue weighted by Gasteiger charge is -2.48. The zero-order valence-corrected chi connectivity index (χ0v) is 14.1. The molecule has 0 saturated carbocycles. The number of piperidine rings is 1. The largest absolute Gasteiger partial charge is 0.489 e. The quantitative estimate of drug-likeness (QED) is 0.865. The van der Waals surface area contributed by atoms with E-state index in [2.05, 4.69) is 41.1 Å². The van der Waals surface area contributed by atoms with Crippen molar-refractivity contribution >= 4 is 0 Å². The third-order valence-corrected chi connectivity index (χ3v) is 5.01. The summed E-state index contributed by atoms with van der Waals surface area (Å²) in [6.07, 6.45) is 5.85. The zero-order valence-electron chi connectivity index (χ0n) is 14.1. The van der Waals surface area contributed by atoms with Crippen molar-refractivity contribution in [1.29, 1.82) is 0 Å². The van der Waals surface area contributed by atoms with Gasteiger partial charge in [-0.15, -0.1) is 0 Å². The molecule has 2 aliphatic rings. The van der Waals surface area contributed by atoms with Gasteiger partial charge < -0.3 is 9.47 Å². The molecule has 0 amide bonds. The van der Waals surface area contributed by atoms with Crippen LogP contribution in [0.5, 0.6) is 5.75 Å². The third-order valence-electron chi connectivity index (χ3n) is 5.01. The number of aromatic nitrogens is 1. The van der Waals surface area contributed by atoms with E-state index in [1.165, 1.54) is 11.1 Å². The lowest BCUT2D eigenvalue weighted by atomic mass is 9.91. The number of fused-ring (bicyclic) bond motifs is 2. The van der Waals surface area contributed by atoms with Gasteiger partial charge in [0.2, 0.25) is 0 Å². The smallest absolute Gasteiger partial charge is 0.137 e. The molecule has 2 atom stereocenters. The molecule has 1 aromatic carbocycles. The lowest BCUT2D eigenvalue weighted by Crippen LogP contribution is -2.58. The van der Waals surface area contributed by atoms with Gasteiger partial charge in [-0.1, -0.05) is 29.8 Å². The Labute approximate surface area is 143 Å². The van der Waals surface area contributed by atoms with Crippen LogP contribution in [0.2, 0.25) is 0 Å². The molecule has 126 valence electrons. The van der Waals surface area contributed by atoms with Crippen LogP contribution in [0.3, 0.4) is 0 Å². The Morgan fingerprint density at radius 1 is 1.17 bits per heavy atom. The second-order valence-corrected chi connectivity index (χ2v) is 6.91. The summed E-state index contributed by atoms with van der Waals surface area (Å²) in [4.78, 5) is 6.75. The molecule has 2 fully saturated rings. The molecule has 0 aliphatic carbocycles. The number of nitrogens with zero attached hydrogens (tertiary/aromatic N) is 2. The maximum Gasteiger partial charge on any atom is 0.137 e. The number of morpholine rings is 1. The molecule has 2 saturated heterocycles. The van der Waals surface area contributed by atoms with Gasteiger partial charge in [-0.2, -0.15) is 0 Å². The van der Waals surface area contributed by atoms with E-state index in [4.69, 9.17) is 9.47 Å². The summed E-state index contributed by atoms with van der Waals surface area (Å²) in [5.41, 5.74) is 2.71. The second kappa shape index (κ2) is 6.91. The van der Waals surface area contributed by atoms with Crippen molar-refractivity contribution in [3.05, 3.63) is 59.9 Å². The molecule has 1 aromatic heterocycles. The molecule has 4 rings (SSSR count). The minimum absolute atomic E-state index is 0.252. The monoisotopic (exact) mass is 324 g/mol. The molecule has 0 N–H and O–H groups in total. The number of pyridine rings is 1. The van der Waals surface area contributed by atoms with Gasteiger partial charge >= 0.3 is 0 Å². The number of rotatable bonds is 4. The maximum atomic E-state index is 6.16. The van der Waals surface area contributed by atoms with Crippen molar-refractivity contribution in [3.8, 4) is 5.75 Å². The van der Waals surface area contributed by atoms with E-state index in [0.717, 1.165) is 38.3 Å². The van der Waals surface area contributed by atoms with Crippen LogP contribution in [-0.2, 0) is 11.3 Å². The average molecular weight is 324 g/mol. The second-order valence-electron chi connectivity index (χ2n) is 6.91. The van der Waals surface area contributed by atoms with Crippen molar-refractivity contribution in [2.24, 2.45) is 0 Å². The first-order chi connectivity index (χ1) is 11.8. The maximum absolute atomic E-state index is 6.16. The van der Waals surface area contributed by atoms with E-state index in [-0.39, 0.29) is 6.10 Å². The molecule has 24 heavy (non-hydrogen) atoms. The fourth-order valence-corrected chi connectivity index (χ4v) is 3.92. The van der Waals surface area contributed by atoms with E-state index >= 15 is 0 Å². The van der Waals surface area contributed by atoms with Crippen molar-refractivity contribution in [2.75, 3.05) is 13.2 Å². The fourth-order valence-electron chi connectivity index (χ4n) is 3.92. The van der Waals surface area contributed by atoms with Crippen LogP contribution >= 0.6 is 0 Å². The molecule has 0 spiro atoms. The van der Waals surface area contributed by atoms with Crippen LogP contribution in [0, 0.1) is 6.92 Å². The summed E-state index contributed by atoms with van der Waals surface area (Å²) in [5, 5.41) is 0. The van der Waals surface area contributed by atoms with Gasteiger partial charge in [0.25, 0.3) is 0 Å². The molecule has 0 radical (unpaired) electrons. The lowest BCUT2D eigenvalue weighted by molar-refractivity contribution is -0.104. The normalized spacial score (nSPS) is 27.0. The zero-order chi connectivity index (χ0) is 16.4. The van der Waals surface area contributed by atoms with E-state index in [0.29, 0.717) is 12.1 Å². The van der Waals surface area contributed by atoms with Gasteiger partial charge in [-0.3, -0.25) is 9.88 Å². The minimum atomic E-state index is 0.252. The number of benzene rings is 1. The predicted molar refractivity (Wildman–Crippen MR) is 93.0 cm³/mol. The highest BCUT2D eigenvalue weighted by Gasteiger charge is 2.39. The Morgan fingerprint density at radius 3 is 2.71 bits per heavy atom. The summed E-state index contributed by atoms with van der Waals surface area (Å²) < 4.78 is 12.0. The van der Waals surface area contributed by atoms with Crippen LogP contribution < -0.4 is 4.74 Å². The third kappa shape index (κ3) is 3.45. The molecular weight excluding hydrogens is 300 g/mol. The Hall–Kier alpha value is -1.91. The van der Waals surface area contributed by atoms with Crippen molar-refractivity contribution < 1.29 is 9.47 Å². The number of hydrogen-bond acceptors (Lipinski definition) is 4.